The van der Waals surface area contributed by atoms with Crippen LogP contribution in [0.1, 0.15) is 0 Å². The molecule has 2 heterocycles. The van der Waals surface area contributed by atoms with Gasteiger partial charge in [0.25, 0.3) is 5.89 Å². The number of aromatic hydroxyl groups is 1. The van der Waals surface area contributed by atoms with Gasteiger partial charge in [-0.25, -0.2) is 9.37 Å². The van der Waals surface area contributed by atoms with E-state index in [1.807, 2.05) is 0 Å². The second-order valence-corrected chi connectivity index (χ2v) is 3.68. The molecular formula is C12H7FN4O2. The number of aromatic nitrogens is 4. The van der Waals surface area contributed by atoms with E-state index in [1.54, 1.807) is 0 Å². The summed E-state index contributed by atoms with van der Waals surface area (Å²) in [5, 5.41) is 13.4. The number of rotatable bonds is 2. The average molecular weight is 258 g/mol. The van der Waals surface area contributed by atoms with Crippen LogP contribution in [0.15, 0.2) is 41.3 Å². The molecule has 0 aliphatic carbocycles. The SMILES string of the molecule is Oc1ccc(F)cc1-c1nc(-c2cnccn2)no1. The van der Waals surface area contributed by atoms with Crippen molar-refractivity contribution < 1.29 is 14.0 Å². The van der Waals surface area contributed by atoms with Gasteiger partial charge in [-0.15, -0.1) is 0 Å². The molecule has 1 N–H and O–H groups in total. The Morgan fingerprint density at radius 1 is 1.21 bits per heavy atom. The summed E-state index contributed by atoms with van der Waals surface area (Å²) in [6.07, 6.45) is 4.48. The van der Waals surface area contributed by atoms with Gasteiger partial charge in [0.05, 0.1) is 11.8 Å². The Kier molecular flexibility index (Phi) is 2.64. The number of hydrogen-bond acceptors (Lipinski definition) is 6. The minimum atomic E-state index is -0.507. The zero-order valence-electron chi connectivity index (χ0n) is 9.49. The van der Waals surface area contributed by atoms with Crippen LogP contribution in [-0.4, -0.2) is 25.2 Å². The number of benzene rings is 1. The van der Waals surface area contributed by atoms with Crippen molar-refractivity contribution in [2.75, 3.05) is 0 Å². The Labute approximate surface area is 106 Å². The molecule has 0 saturated carbocycles. The van der Waals surface area contributed by atoms with Crippen molar-refractivity contribution in [2.24, 2.45) is 0 Å². The minimum absolute atomic E-state index is 0.0117. The van der Waals surface area contributed by atoms with E-state index in [4.69, 9.17) is 4.52 Å². The highest BCUT2D eigenvalue weighted by Gasteiger charge is 2.15. The fourth-order valence-electron chi connectivity index (χ4n) is 1.53. The molecule has 0 saturated heterocycles. The molecule has 0 atom stereocenters. The fourth-order valence-corrected chi connectivity index (χ4v) is 1.53. The molecule has 0 aliphatic heterocycles. The van der Waals surface area contributed by atoms with Crippen LogP contribution >= 0.6 is 0 Å². The molecular weight excluding hydrogens is 251 g/mol. The molecule has 94 valence electrons. The molecule has 1 aromatic carbocycles. The topological polar surface area (TPSA) is 84.9 Å². The lowest BCUT2D eigenvalue weighted by Crippen LogP contribution is -1.86. The molecule has 19 heavy (non-hydrogen) atoms. The van der Waals surface area contributed by atoms with Gasteiger partial charge < -0.3 is 9.63 Å². The van der Waals surface area contributed by atoms with E-state index in [2.05, 4.69) is 20.1 Å². The van der Waals surface area contributed by atoms with Crippen molar-refractivity contribution in [2.45, 2.75) is 0 Å². The van der Waals surface area contributed by atoms with Gasteiger partial charge in [-0.1, -0.05) is 5.16 Å². The van der Waals surface area contributed by atoms with Crippen LogP contribution in [0.2, 0.25) is 0 Å². The first-order valence-corrected chi connectivity index (χ1v) is 5.33. The number of phenols is 1. The van der Waals surface area contributed by atoms with Crippen LogP contribution in [0.4, 0.5) is 4.39 Å². The van der Waals surface area contributed by atoms with Gasteiger partial charge in [-0.2, -0.15) is 4.98 Å². The first kappa shape index (κ1) is 11.3. The number of phenolic OH excluding ortho intramolecular Hbond substituents is 1. The minimum Gasteiger partial charge on any atom is -0.507 e. The van der Waals surface area contributed by atoms with Gasteiger partial charge in [0.2, 0.25) is 5.82 Å². The molecule has 0 aliphatic rings. The van der Waals surface area contributed by atoms with E-state index in [0.717, 1.165) is 12.1 Å². The van der Waals surface area contributed by atoms with Crippen molar-refractivity contribution in [3.63, 3.8) is 0 Å². The third-order valence-corrected chi connectivity index (χ3v) is 2.41. The molecule has 0 unspecified atom stereocenters. The zero-order valence-corrected chi connectivity index (χ0v) is 9.49. The van der Waals surface area contributed by atoms with E-state index in [9.17, 15) is 9.50 Å². The molecule has 0 amide bonds. The number of nitrogens with zero attached hydrogens (tertiary/aromatic N) is 4. The Morgan fingerprint density at radius 2 is 2.11 bits per heavy atom. The maximum atomic E-state index is 13.1. The fraction of sp³-hybridized carbons (Fsp3) is 0. The first-order chi connectivity index (χ1) is 9.24. The second kappa shape index (κ2) is 4.45. The molecule has 0 spiro atoms. The van der Waals surface area contributed by atoms with Crippen LogP contribution in [0, 0.1) is 5.82 Å². The monoisotopic (exact) mass is 258 g/mol. The van der Waals surface area contributed by atoms with Crippen molar-refractivity contribution >= 4 is 0 Å². The summed E-state index contributed by atoms with van der Waals surface area (Å²) in [5.41, 5.74) is 0.552. The van der Waals surface area contributed by atoms with Crippen molar-refractivity contribution in [1.82, 2.24) is 20.1 Å². The van der Waals surface area contributed by atoms with Crippen LogP contribution in [0.5, 0.6) is 5.75 Å². The van der Waals surface area contributed by atoms with Crippen molar-refractivity contribution in [3.05, 3.63) is 42.6 Å². The second-order valence-electron chi connectivity index (χ2n) is 3.68. The van der Waals surface area contributed by atoms with Gasteiger partial charge >= 0.3 is 0 Å². The maximum absolute atomic E-state index is 13.1. The Morgan fingerprint density at radius 3 is 2.89 bits per heavy atom. The molecule has 3 rings (SSSR count). The van der Waals surface area contributed by atoms with Gasteiger partial charge in [-0.05, 0) is 18.2 Å². The highest BCUT2D eigenvalue weighted by Crippen LogP contribution is 2.29. The van der Waals surface area contributed by atoms with Gasteiger partial charge in [0.15, 0.2) is 0 Å². The molecule has 3 aromatic rings. The Balaban J connectivity index is 2.04. The quantitative estimate of drug-likeness (QED) is 0.757. The lowest BCUT2D eigenvalue weighted by Gasteiger charge is -1.98. The zero-order chi connectivity index (χ0) is 13.2. The number of halogens is 1. The molecule has 0 radical (unpaired) electrons. The predicted molar refractivity (Wildman–Crippen MR) is 62.4 cm³/mol. The first-order valence-electron chi connectivity index (χ1n) is 5.33. The highest BCUT2D eigenvalue weighted by molar-refractivity contribution is 5.63. The third kappa shape index (κ3) is 2.13. The normalized spacial score (nSPS) is 10.6. The van der Waals surface area contributed by atoms with E-state index >= 15 is 0 Å². The highest BCUT2D eigenvalue weighted by atomic mass is 19.1. The number of hydrogen-bond donors (Lipinski definition) is 1. The molecule has 0 bridgehead atoms. The largest absolute Gasteiger partial charge is 0.507 e. The lowest BCUT2D eigenvalue weighted by atomic mass is 10.2. The van der Waals surface area contributed by atoms with Gasteiger partial charge in [0.1, 0.15) is 17.3 Å². The summed E-state index contributed by atoms with van der Waals surface area (Å²) in [6, 6.07) is 3.47. The van der Waals surface area contributed by atoms with E-state index < -0.39 is 5.82 Å². The van der Waals surface area contributed by atoms with Gasteiger partial charge in [0, 0.05) is 12.4 Å². The summed E-state index contributed by atoms with van der Waals surface area (Å²) >= 11 is 0. The predicted octanol–water partition coefficient (Wildman–Crippen LogP) is 2.04. The summed E-state index contributed by atoms with van der Waals surface area (Å²) in [5.74, 6) is -0.424. The average Bonchev–Trinajstić information content (AvgIpc) is 2.92. The molecule has 6 nitrogen and oxygen atoms in total. The lowest BCUT2D eigenvalue weighted by molar-refractivity contribution is 0.424. The van der Waals surface area contributed by atoms with Crippen molar-refractivity contribution in [1.29, 1.82) is 0 Å². The van der Waals surface area contributed by atoms with Crippen LogP contribution in [-0.2, 0) is 0 Å². The van der Waals surface area contributed by atoms with Crippen molar-refractivity contribution in [3.8, 4) is 28.7 Å². The summed E-state index contributed by atoms with van der Waals surface area (Å²) in [4.78, 5) is 11.9. The maximum Gasteiger partial charge on any atom is 0.262 e. The molecule has 0 fully saturated rings. The summed E-state index contributed by atoms with van der Waals surface area (Å²) < 4.78 is 18.1. The van der Waals surface area contributed by atoms with Gasteiger partial charge in [-0.3, -0.25) is 4.98 Å². The Bertz CT molecular complexity index is 715. The van der Waals surface area contributed by atoms with E-state index in [1.165, 1.54) is 24.7 Å². The van der Waals surface area contributed by atoms with E-state index in [0.29, 0.717) is 5.69 Å². The molecule has 7 heteroatoms. The summed E-state index contributed by atoms with van der Waals surface area (Å²) in [6.45, 7) is 0. The van der Waals surface area contributed by atoms with Crippen LogP contribution in [0.25, 0.3) is 23.0 Å². The smallest absolute Gasteiger partial charge is 0.262 e. The molecule has 2 aromatic heterocycles. The van der Waals surface area contributed by atoms with Crippen LogP contribution < -0.4 is 0 Å². The Hall–Kier alpha value is -2.83. The van der Waals surface area contributed by atoms with Crippen LogP contribution in [0.3, 0.4) is 0 Å². The standard InChI is InChI=1S/C12H7FN4O2/c13-7-1-2-10(18)8(5-7)12-16-11(17-19-12)9-6-14-3-4-15-9/h1-6,18H. The third-order valence-electron chi connectivity index (χ3n) is 2.41. The van der Waals surface area contributed by atoms with E-state index in [-0.39, 0.29) is 23.0 Å². The summed E-state index contributed by atoms with van der Waals surface area (Å²) in [7, 11) is 0.